The van der Waals surface area contributed by atoms with Gasteiger partial charge >= 0.3 is 6.18 Å². The molecule has 0 spiro atoms. The maximum Gasteiger partial charge on any atom is 0.416 e. The van der Waals surface area contributed by atoms with Gasteiger partial charge in [-0.25, -0.2) is 0 Å². The SMILES string of the molecule is CCC(O)OCC(C)Oc1ccc(Oc2ccc(C(F)(F)F)cc2)cc1. The van der Waals surface area contributed by atoms with Crippen molar-refractivity contribution in [2.24, 2.45) is 0 Å². The van der Waals surface area contributed by atoms with Crippen LogP contribution < -0.4 is 9.47 Å². The molecule has 0 heterocycles. The first kappa shape index (κ1) is 20.1. The van der Waals surface area contributed by atoms with Gasteiger partial charge in [-0.15, -0.1) is 0 Å². The molecule has 0 aliphatic rings. The summed E-state index contributed by atoms with van der Waals surface area (Å²) in [5.74, 6) is 1.37. The van der Waals surface area contributed by atoms with E-state index in [4.69, 9.17) is 14.2 Å². The molecule has 2 aromatic carbocycles. The third-order valence-electron chi connectivity index (χ3n) is 3.45. The van der Waals surface area contributed by atoms with Crippen LogP contribution in [0, 0.1) is 0 Å². The average Bonchev–Trinajstić information content (AvgIpc) is 2.61. The highest BCUT2D eigenvalue weighted by molar-refractivity contribution is 5.36. The van der Waals surface area contributed by atoms with Crippen molar-refractivity contribution in [2.45, 2.75) is 38.8 Å². The van der Waals surface area contributed by atoms with Crippen LogP contribution in [0.15, 0.2) is 48.5 Å². The molecule has 142 valence electrons. The molecule has 26 heavy (non-hydrogen) atoms. The molecule has 2 atom stereocenters. The summed E-state index contributed by atoms with van der Waals surface area (Å²) in [4.78, 5) is 0. The van der Waals surface area contributed by atoms with Crippen molar-refractivity contribution in [3.63, 3.8) is 0 Å². The summed E-state index contributed by atoms with van der Waals surface area (Å²) >= 11 is 0. The summed E-state index contributed by atoms with van der Waals surface area (Å²) in [6.45, 7) is 3.87. The van der Waals surface area contributed by atoms with Crippen LogP contribution in [0.1, 0.15) is 25.8 Å². The van der Waals surface area contributed by atoms with E-state index in [1.54, 1.807) is 24.3 Å². The summed E-state index contributed by atoms with van der Waals surface area (Å²) in [7, 11) is 0. The number of benzene rings is 2. The fourth-order valence-electron chi connectivity index (χ4n) is 2.07. The van der Waals surface area contributed by atoms with Crippen molar-refractivity contribution >= 4 is 0 Å². The van der Waals surface area contributed by atoms with Gasteiger partial charge in [0.25, 0.3) is 0 Å². The number of aliphatic hydroxyl groups is 1. The smallest absolute Gasteiger partial charge is 0.416 e. The Morgan fingerprint density at radius 3 is 1.92 bits per heavy atom. The number of alkyl halides is 3. The van der Waals surface area contributed by atoms with Gasteiger partial charge in [0.2, 0.25) is 0 Å². The van der Waals surface area contributed by atoms with Crippen LogP contribution in [0.25, 0.3) is 0 Å². The van der Waals surface area contributed by atoms with Gasteiger partial charge in [0.15, 0.2) is 6.29 Å². The highest BCUT2D eigenvalue weighted by Crippen LogP contribution is 2.31. The Bertz CT molecular complexity index is 669. The maximum absolute atomic E-state index is 12.5. The van der Waals surface area contributed by atoms with Crippen molar-refractivity contribution in [3.8, 4) is 17.2 Å². The van der Waals surface area contributed by atoms with E-state index < -0.39 is 18.0 Å². The van der Waals surface area contributed by atoms with Gasteiger partial charge < -0.3 is 19.3 Å². The van der Waals surface area contributed by atoms with Gasteiger partial charge in [-0.05, 0) is 61.9 Å². The molecule has 0 amide bonds. The molecule has 2 rings (SSSR count). The zero-order valence-corrected chi connectivity index (χ0v) is 14.5. The van der Waals surface area contributed by atoms with Crippen LogP contribution in [0.3, 0.4) is 0 Å². The van der Waals surface area contributed by atoms with Gasteiger partial charge in [-0.2, -0.15) is 13.2 Å². The molecule has 0 saturated carbocycles. The Kier molecular flexibility index (Phi) is 6.88. The topological polar surface area (TPSA) is 47.9 Å². The van der Waals surface area contributed by atoms with Gasteiger partial charge in [0.05, 0.1) is 12.2 Å². The minimum absolute atomic E-state index is 0.249. The van der Waals surface area contributed by atoms with Crippen molar-refractivity contribution < 1.29 is 32.5 Å². The van der Waals surface area contributed by atoms with E-state index >= 15 is 0 Å². The monoisotopic (exact) mass is 370 g/mol. The second-order valence-electron chi connectivity index (χ2n) is 5.72. The molecule has 0 aliphatic carbocycles. The first-order valence-electron chi connectivity index (χ1n) is 8.19. The zero-order valence-electron chi connectivity index (χ0n) is 14.5. The molecule has 1 N–H and O–H groups in total. The van der Waals surface area contributed by atoms with Gasteiger partial charge in [-0.1, -0.05) is 6.92 Å². The fraction of sp³-hybridized carbons (Fsp3) is 0.368. The number of rotatable bonds is 8. The van der Waals surface area contributed by atoms with Crippen molar-refractivity contribution in [2.75, 3.05) is 6.61 Å². The molecule has 2 aromatic rings. The molecular formula is C19H21F3O4. The summed E-state index contributed by atoms with van der Waals surface area (Å²) in [6.07, 6.45) is -4.92. The third kappa shape index (κ3) is 6.24. The number of halogens is 3. The van der Waals surface area contributed by atoms with E-state index in [2.05, 4.69) is 0 Å². The van der Waals surface area contributed by atoms with E-state index in [9.17, 15) is 18.3 Å². The predicted octanol–water partition coefficient (Wildman–Crippen LogP) is 5.01. The lowest BCUT2D eigenvalue weighted by molar-refractivity contribution is -0.137. The molecule has 2 unspecified atom stereocenters. The molecule has 0 saturated heterocycles. The highest BCUT2D eigenvalue weighted by atomic mass is 19.4. The molecule has 0 bridgehead atoms. The first-order chi connectivity index (χ1) is 12.3. The van der Waals surface area contributed by atoms with Gasteiger partial charge in [-0.3, -0.25) is 0 Å². The largest absolute Gasteiger partial charge is 0.488 e. The second kappa shape index (κ2) is 8.91. The minimum atomic E-state index is -4.37. The Labute approximate surface area is 150 Å². The zero-order chi connectivity index (χ0) is 19.2. The van der Waals surface area contributed by atoms with E-state index in [1.807, 2.05) is 13.8 Å². The van der Waals surface area contributed by atoms with Crippen LogP contribution in [0.2, 0.25) is 0 Å². The number of hydrogen-bond donors (Lipinski definition) is 1. The van der Waals surface area contributed by atoms with E-state index in [-0.39, 0.29) is 12.7 Å². The summed E-state index contributed by atoms with van der Waals surface area (Å²) < 4.78 is 54.0. The van der Waals surface area contributed by atoms with Gasteiger partial charge in [0, 0.05) is 0 Å². The van der Waals surface area contributed by atoms with Crippen LogP contribution in [0.4, 0.5) is 13.2 Å². The standard InChI is InChI=1S/C19H21F3O4/c1-3-18(23)24-12-13(2)25-15-8-10-17(11-9-15)26-16-6-4-14(5-7-16)19(20,21)22/h4-11,13,18,23H,3,12H2,1-2H3. The van der Waals surface area contributed by atoms with Crippen LogP contribution in [-0.2, 0) is 10.9 Å². The van der Waals surface area contributed by atoms with Crippen molar-refractivity contribution in [1.29, 1.82) is 0 Å². The Morgan fingerprint density at radius 1 is 0.923 bits per heavy atom. The fourth-order valence-corrected chi connectivity index (χ4v) is 2.07. The number of aliphatic hydroxyl groups excluding tert-OH is 1. The molecular weight excluding hydrogens is 349 g/mol. The molecule has 7 heteroatoms. The lowest BCUT2D eigenvalue weighted by Crippen LogP contribution is -2.23. The highest BCUT2D eigenvalue weighted by Gasteiger charge is 2.30. The summed E-state index contributed by atoms with van der Waals surface area (Å²) in [5.41, 5.74) is -0.724. The Hall–Kier alpha value is -2.25. The lowest BCUT2D eigenvalue weighted by atomic mass is 10.2. The van der Waals surface area contributed by atoms with E-state index in [0.717, 1.165) is 12.1 Å². The van der Waals surface area contributed by atoms with Crippen LogP contribution in [-0.4, -0.2) is 24.1 Å². The first-order valence-corrected chi connectivity index (χ1v) is 8.19. The van der Waals surface area contributed by atoms with Crippen LogP contribution >= 0.6 is 0 Å². The third-order valence-corrected chi connectivity index (χ3v) is 3.45. The summed E-state index contributed by atoms with van der Waals surface area (Å²) in [5, 5.41) is 9.35. The van der Waals surface area contributed by atoms with Crippen molar-refractivity contribution in [3.05, 3.63) is 54.1 Å². The van der Waals surface area contributed by atoms with Crippen molar-refractivity contribution in [1.82, 2.24) is 0 Å². The molecule has 0 radical (unpaired) electrons. The molecule has 4 nitrogen and oxygen atoms in total. The molecule has 0 fully saturated rings. The normalized spacial score (nSPS) is 13.9. The molecule has 0 aromatic heterocycles. The number of hydrogen-bond acceptors (Lipinski definition) is 4. The minimum Gasteiger partial charge on any atom is -0.488 e. The lowest BCUT2D eigenvalue weighted by Gasteiger charge is -2.17. The quantitative estimate of drug-likeness (QED) is 0.664. The Morgan fingerprint density at radius 2 is 1.42 bits per heavy atom. The average molecular weight is 370 g/mol. The van der Waals surface area contributed by atoms with Gasteiger partial charge in [0.1, 0.15) is 23.4 Å². The van der Waals surface area contributed by atoms with E-state index in [1.165, 1.54) is 12.1 Å². The predicted molar refractivity (Wildman–Crippen MR) is 90.3 cm³/mol. The second-order valence-corrected chi connectivity index (χ2v) is 5.72. The summed E-state index contributed by atoms with van der Waals surface area (Å²) in [6, 6.07) is 11.2. The number of ether oxygens (including phenoxy) is 3. The van der Waals surface area contributed by atoms with E-state index in [0.29, 0.717) is 23.7 Å². The molecule has 0 aliphatic heterocycles. The maximum atomic E-state index is 12.5. The van der Waals surface area contributed by atoms with Crippen LogP contribution in [0.5, 0.6) is 17.2 Å². The Balaban J connectivity index is 1.89.